The molecule has 0 spiro atoms. The molecule has 3 aliphatic heterocycles. The average molecular weight is 593 g/mol. The Labute approximate surface area is 230 Å². The number of fused-ring (bicyclic) bond motifs is 5. The highest BCUT2D eigenvalue weighted by Crippen LogP contribution is 2.51. The van der Waals surface area contributed by atoms with Gasteiger partial charge in [0.2, 0.25) is 5.95 Å². The molecule has 3 aliphatic rings. The van der Waals surface area contributed by atoms with E-state index in [1.807, 2.05) is 16.8 Å². The lowest BCUT2D eigenvalue weighted by molar-refractivity contribution is -0.157. The van der Waals surface area contributed by atoms with Gasteiger partial charge in [-0.3, -0.25) is 9.78 Å². The largest absolute Gasteiger partial charge is 0.383 e. The summed E-state index contributed by atoms with van der Waals surface area (Å²) in [6, 6.07) is 1.85. The van der Waals surface area contributed by atoms with Crippen molar-refractivity contribution in [2.24, 2.45) is 5.92 Å². The smallest absolute Gasteiger partial charge is 0.325 e. The van der Waals surface area contributed by atoms with E-state index in [4.69, 9.17) is 46.5 Å². The van der Waals surface area contributed by atoms with Gasteiger partial charge in [-0.15, -0.1) is 5.10 Å². The van der Waals surface area contributed by atoms with Crippen LogP contribution in [0, 0.1) is 5.92 Å². The number of aromatic nitrogens is 8. The van der Waals surface area contributed by atoms with Crippen molar-refractivity contribution >= 4 is 52.5 Å². The van der Waals surface area contributed by atoms with Crippen LogP contribution in [0.3, 0.4) is 0 Å². The zero-order chi connectivity index (χ0) is 27.6. The van der Waals surface area contributed by atoms with Gasteiger partial charge in [0.05, 0.1) is 24.7 Å². The van der Waals surface area contributed by atoms with E-state index in [9.17, 15) is 9.69 Å². The summed E-state index contributed by atoms with van der Waals surface area (Å²) in [5.74, 6) is 0.295. The second-order valence-corrected chi connectivity index (χ2v) is 12.6. The molecular weight excluding hydrogens is 567 g/mol. The molecule has 0 saturated carbocycles. The van der Waals surface area contributed by atoms with Crippen LogP contribution in [0.15, 0.2) is 23.4 Å². The van der Waals surface area contributed by atoms with E-state index < -0.39 is 37.0 Å². The van der Waals surface area contributed by atoms with Crippen molar-refractivity contribution in [3.05, 3.63) is 28.9 Å². The molecule has 212 valence electrons. The topological polar surface area (TPSA) is 226 Å². The number of hydrogen-bond donors (Lipinski definition) is 4. The van der Waals surface area contributed by atoms with Gasteiger partial charge in [0.25, 0.3) is 5.56 Å². The Balaban J connectivity index is 1.13. The molecule has 6 N–H and O–H groups in total. The van der Waals surface area contributed by atoms with Crippen LogP contribution in [0.1, 0.15) is 31.7 Å². The Hall–Kier alpha value is -3.09. The van der Waals surface area contributed by atoms with Gasteiger partial charge in [0.1, 0.15) is 30.1 Å². The maximum absolute atomic E-state index is 12.2. The van der Waals surface area contributed by atoms with Gasteiger partial charge in [-0.1, -0.05) is 5.21 Å². The molecular formula is C21H25N10O7PS. The maximum Gasteiger partial charge on any atom is 0.325 e. The van der Waals surface area contributed by atoms with E-state index in [1.54, 1.807) is 0 Å². The van der Waals surface area contributed by atoms with Crippen molar-refractivity contribution < 1.29 is 28.2 Å². The molecule has 7 heterocycles. The van der Waals surface area contributed by atoms with Gasteiger partial charge in [0.15, 0.2) is 23.7 Å². The van der Waals surface area contributed by atoms with Gasteiger partial charge in [-0.25, -0.2) is 9.97 Å². The van der Waals surface area contributed by atoms with E-state index in [-0.39, 0.29) is 42.3 Å². The number of ether oxygens (including phenoxy) is 3. The number of nitrogens with zero attached hydrogens (tertiary/aromatic N) is 7. The number of nitrogens with one attached hydrogen (secondary N) is 1. The fourth-order valence-corrected chi connectivity index (χ4v) is 6.87. The first-order chi connectivity index (χ1) is 19.3. The summed E-state index contributed by atoms with van der Waals surface area (Å²) in [6.45, 7) is -3.41. The Morgan fingerprint density at radius 3 is 2.92 bits per heavy atom. The molecule has 4 aromatic rings. The molecule has 7 atom stereocenters. The Morgan fingerprint density at radius 2 is 2.05 bits per heavy atom. The van der Waals surface area contributed by atoms with Crippen LogP contribution in [0.4, 0.5) is 11.8 Å². The normalized spacial score (nSPS) is 33.1. The second-order valence-electron chi connectivity index (χ2n) is 9.76. The summed E-state index contributed by atoms with van der Waals surface area (Å²) >= 11 is 5.35. The minimum atomic E-state index is -3.78. The zero-order valence-electron chi connectivity index (χ0n) is 20.8. The number of rotatable bonds is 2. The highest BCUT2D eigenvalue weighted by atomic mass is 32.5. The number of nitrogen functional groups attached to an aromatic ring is 2. The molecule has 3 fully saturated rings. The molecule has 0 aromatic carbocycles. The summed E-state index contributed by atoms with van der Waals surface area (Å²) < 4.78 is 33.3. The highest BCUT2D eigenvalue weighted by molar-refractivity contribution is 8.07. The van der Waals surface area contributed by atoms with Crippen molar-refractivity contribution in [3.63, 3.8) is 0 Å². The first-order valence-corrected chi connectivity index (χ1v) is 15.1. The van der Waals surface area contributed by atoms with Crippen molar-refractivity contribution in [3.8, 4) is 0 Å². The maximum atomic E-state index is 12.2. The molecule has 0 radical (unpaired) electrons. The van der Waals surface area contributed by atoms with Crippen molar-refractivity contribution in [2.75, 3.05) is 24.7 Å². The summed E-state index contributed by atoms with van der Waals surface area (Å²) in [5, 5.41) is 8.65. The van der Waals surface area contributed by atoms with E-state index >= 15 is 0 Å². The van der Waals surface area contributed by atoms with Crippen LogP contribution in [0.2, 0.25) is 0 Å². The van der Waals surface area contributed by atoms with Gasteiger partial charge < -0.3 is 44.2 Å². The van der Waals surface area contributed by atoms with Crippen LogP contribution in [0.5, 0.6) is 0 Å². The standard InChI is InChI=1S/C21H25N10O7PS/c22-16-10-1-3-30(17(10)25-8-24-16)13-5-9-2-4-34-14-6-11(38-39(33,40)35-7-12(9)36-13)20(37-14)31-18-15(28-29-31)19(32)27-21(23)26-18/h1,3,8-9,11-14,20H,2,4-7H2,(H,33,40)(H2,22,24,25)(H3,23,26,27,32)/t9-,11+,12+,13+,14?,20+,39?/m0/s1. The molecule has 0 aliphatic carbocycles. The van der Waals surface area contributed by atoms with Gasteiger partial charge in [-0.05, 0) is 36.6 Å². The molecule has 0 amide bonds. The molecule has 17 nitrogen and oxygen atoms in total. The summed E-state index contributed by atoms with van der Waals surface area (Å²) in [6.07, 6.45) is 1.53. The molecule has 2 unspecified atom stereocenters. The summed E-state index contributed by atoms with van der Waals surface area (Å²) in [4.78, 5) is 38.1. The van der Waals surface area contributed by atoms with E-state index in [0.29, 0.717) is 30.9 Å². The number of nitrogens with two attached hydrogens (primary N) is 2. The quantitative estimate of drug-likeness (QED) is 0.230. The lowest BCUT2D eigenvalue weighted by Gasteiger charge is -2.25. The molecule has 7 rings (SSSR count). The average Bonchev–Trinajstić information content (AvgIpc) is 3.67. The number of H-pyrrole nitrogens is 1. The van der Waals surface area contributed by atoms with E-state index in [0.717, 1.165) is 5.39 Å². The van der Waals surface area contributed by atoms with Crippen LogP contribution in [0.25, 0.3) is 22.2 Å². The molecule has 19 heteroatoms. The summed E-state index contributed by atoms with van der Waals surface area (Å²) in [7, 11) is 0. The second kappa shape index (κ2) is 9.78. The number of aromatic amines is 1. The zero-order valence-corrected chi connectivity index (χ0v) is 22.5. The fourth-order valence-electron chi connectivity index (χ4n) is 5.43. The molecule has 4 aromatic heterocycles. The van der Waals surface area contributed by atoms with Crippen molar-refractivity contribution in [1.82, 2.24) is 39.5 Å². The predicted octanol–water partition coefficient (Wildman–Crippen LogP) is 0.311. The number of hydrogen-bond acceptors (Lipinski definition) is 14. The Kier molecular flexibility index (Phi) is 6.32. The third-order valence-corrected chi connectivity index (χ3v) is 8.89. The molecule has 3 saturated heterocycles. The monoisotopic (exact) mass is 592 g/mol. The van der Waals surface area contributed by atoms with Crippen LogP contribution < -0.4 is 17.0 Å². The number of anilines is 2. The van der Waals surface area contributed by atoms with Crippen LogP contribution in [-0.2, 0) is 35.1 Å². The van der Waals surface area contributed by atoms with Crippen LogP contribution in [-0.4, -0.2) is 76.1 Å². The van der Waals surface area contributed by atoms with Gasteiger partial charge >= 0.3 is 6.72 Å². The van der Waals surface area contributed by atoms with Gasteiger partial charge in [0, 0.05) is 12.6 Å². The minimum absolute atomic E-state index is 0.00661. The Morgan fingerprint density at radius 1 is 1.18 bits per heavy atom. The predicted molar refractivity (Wildman–Crippen MR) is 141 cm³/mol. The molecule has 40 heavy (non-hydrogen) atoms. The lowest BCUT2D eigenvalue weighted by Crippen LogP contribution is -2.26. The minimum Gasteiger partial charge on any atom is -0.383 e. The van der Waals surface area contributed by atoms with Gasteiger partial charge in [-0.2, -0.15) is 9.67 Å². The third kappa shape index (κ3) is 4.55. The first-order valence-electron chi connectivity index (χ1n) is 12.5. The summed E-state index contributed by atoms with van der Waals surface area (Å²) in [5.41, 5.74) is 11.9. The third-order valence-electron chi connectivity index (χ3n) is 7.30. The fraction of sp³-hybridized carbons (Fsp3) is 0.524. The first kappa shape index (κ1) is 25.8. The highest BCUT2D eigenvalue weighted by Gasteiger charge is 2.45. The van der Waals surface area contributed by atoms with Crippen LogP contribution >= 0.6 is 6.72 Å². The SMILES string of the molecule is Nc1nc2c(nnn2[C@@H]2OC3C[C@H]2OP(O)(=S)OC[C@H]2O[C@@H](n4ccc5c(N)ncnc54)C[C@@H]2CCO3)c(=O)[nH]1. The van der Waals surface area contributed by atoms with Crippen molar-refractivity contribution in [1.29, 1.82) is 0 Å². The lowest BCUT2D eigenvalue weighted by atomic mass is 9.98. The Bertz CT molecular complexity index is 1700. The molecule has 2 bridgehead atoms. The van der Waals surface area contributed by atoms with E-state index in [1.165, 1.54) is 11.0 Å². The van der Waals surface area contributed by atoms with E-state index in [2.05, 4.69) is 30.2 Å². The van der Waals surface area contributed by atoms with Crippen molar-refractivity contribution in [2.45, 2.75) is 50.2 Å².